The highest BCUT2D eigenvalue weighted by Crippen LogP contribution is 2.16. The lowest BCUT2D eigenvalue weighted by atomic mass is 10.0. The average molecular weight is 363 g/mol. The summed E-state index contributed by atoms with van der Waals surface area (Å²) in [6.07, 6.45) is 15.8. The Morgan fingerprint density at radius 1 is 0.846 bits per heavy atom. The van der Waals surface area contributed by atoms with Gasteiger partial charge in [0.15, 0.2) is 0 Å². The molecular weight excluding hydrogens is 328 g/mol. The van der Waals surface area contributed by atoms with Crippen LogP contribution in [0.25, 0.3) is 0 Å². The third kappa shape index (κ3) is 10.9. The van der Waals surface area contributed by atoms with Gasteiger partial charge in [0, 0.05) is 24.2 Å². The van der Waals surface area contributed by atoms with Crippen molar-refractivity contribution in [3.05, 3.63) is 34.4 Å². The Morgan fingerprint density at radius 3 is 1.77 bits per heavy atom. The van der Waals surface area contributed by atoms with Crippen molar-refractivity contribution in [3.63, 3.8) is 0 Å². The molecule has 0 bridgehead atoms. The summed E-state index contributed by atoms with van der Waals surface area (Å²) >= 11 is 0. The fourth-order valence-corrected chi connectivity index (χ4v) is 3.02. The first-order valence-corrected chi connectivity index (χ1v) is 10.2. The molecule has 0 aliphatic heterocycles. The number of carbonyl (C=O) groups is 1. The maximum atomic E-state index is 11.9. The monoisotopic (exact) mass is 362 g/mol. The predicted molar refractivity (Wildman–Crippen MR) is 107 cm³/mol. The van der Waals surface area contributed by atoms with Crippen molar-refractivity contribution in [1.29, 1.82) is 0 Å². The van der Waals surface area contributed by atoms with Gasteiger partial charge in [0.2, 0.25) is 5.91 Å². The molecule has 1 N–H and O–H groups in total. The van der Waals surface area contributed by atoms with Crippen LogP contribution in [0, 0.1) is 10.1 Å². The van der Waals surface area contributed by atoms with Crippen LogP contribution in [0.15, 0.2) is 24.3 Å². The van der Waals surface area contributed by atoms with Gasteiger partial charge in [-0.15, -0.1) is 0 Å². The van der Waals surface area contributed by atoms with Gasteiger partial charge in [0.1, 0.15) is 0 Å². The number of nitrogens with zero attached hydrogens (tertiary/aromatic N) is 1. The quantitative estimate of drug-likeness (QED) is 0.216. The van der Waals surface area contributed by atoms with E-state index in [1.165, 1.54) is 76.3 Å². The molecule has 26 heavy (non-hydrogen) atoms. The lowest BCUT2D eigenvalue weighted by molar-refractivity contribution is -0.384. The summed E-state index contributed by atoms with van der Waals surface area (Å²) in [5.74, 6) is -0.0223. The number of carbonyl (C=O) groups excluding carboxylic acids is 1. The molecule has 0 heterocycles. The highest BCUT2D eigenvalue weighted by atomic mass is 16.6. The Balaban J connectivity index is 1.96. The van der Waals surface area contributed by atoms with Crippen LogP contribution < -0.4 is 5.32 Å². The second kappa shape index (κ2) is 14.3. The van der Waals surface area contributed by atoms with E-state index < -0.39 is 4.92 Å². The van der Waals surface area contributed by atoms with Gasteiger partial charge in [-0.25, -0.2) is 0 Å². The molecule has 5 nitrogen and oxygen atoms in total. The SMILES string of the molecule is CCCCCCCCCCCCCCC(=O)Nc1ccc([N+](=O)[O-])cc1. The van der Waals surface area contributed by atoms with E-state index in [1.807, 2.05) is 0 Å². The smallest absolute Gasteiger partial charge is 0.269 e. The minimum Gasteiger partial charge on any atom is -0.326 e. The van der Waals surface area contributed by atoms with E-state index in [0.717, 1.165) is 12.8 Å². The highest BCUT2D eigenvalue weighted by molar-refractivity contribution is 5.90. The Bertz CT molecular complexity index is 514. The highest BCUT2D eigenvalue weighted by Gasteiger charge is 2.06. The van der Waals surface area contributed by atoms with Crippen LogP contribution in [-0.4, -0.2) is 10.8 Å². The summed E-state index contributed by atoms with van der Waals surface area (Å²) in [4.78, 5) is 22.0. The molecule has 1 rings (SSSR count). The van der Waals surface area contributed by atoms with Crippen LogP contribution in [-0.2, 0) is 4.79 Å². The molecule has 0 spiro atoms. The van der Waals surface area contributed by atoms with E-state index in [1.54, 1.807) is 12.1 Å². The molecule has 0 aromatic heterocycles. The topological polar surface area (TPSA) is 72.2 Å². The summed E-state index contributed by atoms with van der Waals surface area (Å²) in [5.41, 5.74) is 0.642. The molecule has 0 radical (unpaired) electrons. The molecule has 1 aromatic carbocycles. The summed E-state index contributed by atoms with van der Waals surface area (Å²) in [7, 11) is 0. The third-order valence-corrected chi connectivity index (χ3v) is 4.62. The van der Waals surface area contributed by atoms with Crippen molar-refractivity contribution in [3.8, 4) is 0 Å². The van der Waals surface area contributed by atoms with E-state index in [2.05, 4.69) is 12.2 Å². The van der Waals surface area contributed by atoms with Gasteiger partial charge in [-0.3, -0.25) is 14.9 Å². The first kappa shape index (κ1) is 22.1. The Morgan fingerprint density at radius 2 is 1.31 bits per heavy atom. The number of hydrogen-bond acceptors (Lipinski definition) is 3. The van der Waals surface area contributed by atoms with Gasteiger partial charge in [0.25, 0.3) is 5.69 Å². The largest absolute Gasteiger partial charge is 0.326 e. The average Bonchev–Trinajstić information content (AvgIpc) is 2.63. The molecule has 0 unspecified atom stereocenters. The van der Waals surface area contributed by atoms with Crippen molar-refractivity contribution < 1.29 is 9.72 Å². The maximum absolute atomic E-state index is 11.9. The number of amides is 1. The standard InChI is InChI=1S/C21H34N2O3/c1-2-3-4-5-6-7-8-9-10-11-12-13-14-21(24)22-19-15-17-20(18-16-19)23(25)26/h15-18H,2-14H2,1H3,(H,22,24). The van der Waals surface area contributed by atoms with Gasteiger partial charge in [-0.2, -0.15) is 0 Å². The fraction of sp³-hybridized carbons (Fsp3) is 0.667. The number of benzene rings is 1. The third-order valence-electron chi connectivity index (χ3n) is 4.62. The molecule has 0 fully saturated rings. The van der Waals surface area contributed by atoms with E-state index in [0.29, 0.717) is 12.1 Å². The molecule has 1 aromatic rings. The van der Waals surface area contributed by atoms with Crippen LogP contribution in [0.2, 0.25) is 0 Å². The van der Waals surface area contributed by atoms with Crippen LogP contribution in [0.4, 0.5) is 11.4 Å². The van der Waals surface area contributed by atoms with Crippen LogP contribution >= 0.6 is 0 Å². The molecule has 0 atom stereocenters. The number of nitrogens with one attached hydrogen (secondary N) is 1. The van der Waals surface area contributed by atoms with E-state index in [4.69, 9.17) is 0 Å². The number of unbranched alkanes of at least 4 members (excludes halogenated alkanes) is 11. The molecule has 5 heteroatoms. The maximum Gasteiger partial charge on any atom is 0.269 e. The summed E-state index contributed by atoms with van der Waals surface area (Å²) in [6.45, 7) is 2.25. The minimum absolute atomic E-state index is 0.0223. The zero-order valence-corrected chi connectivity index (χ0v) is 16.2. The van der Waals surface area contributed by atoms with Gasteiger partial charge in [-0.05, 0) is 18.6 Å². The molecule has 0 aliphatic rings. The fourth-order valence-electron chi connectivity index (χ4n) is 3.02. The van der Waals surface area contributed by atoms with Crippen molar-refractivity contribution in [2.24, 2.45) is 0 Å². The van der Waals surface area contributed by atoms with Gasteiger partial charge < -0.3 is 5.32 Å². The summed E-state index contributed by atoms with van der Waals surface area (Å²) < 4.78 is 0. The van der Waals surface area contributed by atoms with Crippen molar-refractivity contribution in [2.45, 2.75) is 90.4 Å². The second-order valence-electron chi connectivity index (χ2n) is 6.99. The second-order valence-corrected chi connectivity index (χ2v) is 6.99. The van der Waals surface area contributed by atoms with E-state index in [-0.39, 0.29) is 11.6 Å². The predicted octanol–water partition coefficient (Wildman–Crippen LogP) is 6.62. The Hall–Kier alpha value is -1.91. The normalized spacial score (nSPS) is 10.7. The van der Waals surface area contributed by atoms with E-state index in [9.17, 15) is 14.9 Å². The Kier molecular flexibility index (Phi) is 12.2. The molecular formula is C21H34N2O3. The van der Waals surface area contributed by atoms with Crippen LogP contribution in [0.3, 0.4) is 0 Å². The molecule has 1 amide bonds. The van der Waals surface area contributed by atoms with Gasteiger partial charge in [0.05, 0.1) is 4.92 Å². The summed E-state index contributed by atoms with van der Waals surface area (Å²) in [6, 6.07) is 5.94. The first-order chi connectivity index (χ1) is 12.6. The van der Waals surface area contributed by atoms with E-state index >= 15 is 0 Å². The lowest BCUT2D eigenvalue weighted by Crippen LogP contribution is -2.10. The molecule has 0 aliphatic carbocycles. The van der Waals surface area contributed by atoms with Gasteiger partial charge in [-0.1, -0.05) is 77.6 Å². The number of hydrogen-bond donors (Lipinski definition) is 1. The van der Waals surface area contributed by atoms with Crippen molar-refractivity contribution in [2.75, 3.05) is 5.32 Å². The number of nitro benzene ring substituents is 1. The van der Waals surface area contributed by atoms with Crippen LogP contribution in [0.5, 0.6) is 0 Å². The number of anilines is 1. The number of non-ortho nitro benzene ring substituents is 1. The van der Waals surface area contributed by atoms with Crippen molar-refractivity contribution in [1.82, 2.24) is 0 Å². The Labute approximate surface area is 157 Å². The minimum atomic E-state index is -0.446. The van der Waals surface area contributed by atoms with Crippen LogP contribution in [0.1, 0.15) is 90.4 Å². The van der Waals surface area contributed by atoms with Crippen molar-refractivity contribution >= 4 is 17.3 Å². The van der Waals surface area contributed by atoms with Gasteiger partial charge >= 0.3 is 0 Å². The first-order valence-electron chi connectivity index (χ1n) is 10.2. The zero-order valence-electron chi connectivity index (χ0n) is 16.2. The molecule has 146 valence electrons. The number of rotatable bonds is 15. The lowest BCUT2D eigenvalue weighted by Gasteiger charge is -2.05. The molecule has 0 saturated heterocycles. The molecule has 0 saturated carbocycles. The summed E-state index contributed by atoms with van der Waals surface area (Å²) in [5, 5.41) is 13.4. The number of nitro groups is 1. The zero-order chi connectivity index (χ0) is 19.0.